The molecule has 1 aromatic heterocycles. The lowest BCUT2D eigenvalue weighted by atomic mass is 10.2. The molecule has 2 aromatic rings. The first kappa shape index (κ1) is 19.0. The molecule has 0 aliphatic rings. The van der Waals surface area contributed by atoms with E-state index in [0.717, 1.165) is 49.2 Å². The molecule has 6 heteroatoms. The highest BCUT2D eigenvalue weighted by atomic mass is 16.5. The zero-order valence-corrected chi connectivity index (χ0v) is 15.7. The molecule has 2 N–H and O–H groups in total. The van der Waals surface area contributed by atoms with Gasteiger partial charge in [0.25, 0.3) is 0 Å². The molecular weight excluding hydrogens is 314 g/mol. The fourth-order valence-electron chi connectivity index (χ4n) is 2.67. The summed E-state index contributed by atoms with van der Waals surface area (Å²) in [4.78, 5) is 4.27. The highest BCUT2D eigenvalue weighted by molar-refractivity contribution is 5.79. The third kappa shape index (κ3) is 5.32. The van der Waals surface area contributed by atoms with E-state index in [-0.39, 0.29) is 0 Å². The van der Waals surface area contributed by atoms with Crippen molar-refractivity contribution < 1.29 is 4.74 Å². The predicted octanol–water partition coefficient (Wildman–Crippen LogP) is 2.58. The quantitative estimate of drug-likeness (QED) is 0.439. The summed E-state index contributed by atoms with van der Waals surface area (Å²) in [5, 5.41) is 11.4. The van der Waals surface area contributed by atoms with Crippen molar-refractivity contribution in [3.05, 3.63) is 47.3 Å². The van der Waals surface area contributed by atoms with Crippen LogP contribution < -0.4 is 10.6 Å². The van der Waals surface area contributed by atoms with Crippen LogP contribution >= 0.6 is 0 Å². The van der Waals surface area contributed by atoms with Crippen molar-refractivity contribution in [1.29, 1.82) is 0 Å². The Morgan fingerprint density at radius 3 is 2.64 bits per heavy atom. The Morgan fingerprint density at radius 2 is 1.96 bits per heavy atom. The Balaban J connectivity index is 1.95. The summed E-state index contributed by atoms with van der Waals surface area (Å²) in [6.45, 7) is 9.20. The van der Waals surface area contributed by atoms with Gasteiger partial charge in [-0.3, -0.25) is 4.99 Å². The average molecular weight is 343 g/mol. The maximum absolute atomic E-state index is 5.34. The van der Waals surface area contributed by atoms with Crippen LogP contribution in [0, 0.1) is 13.8 Å². The van der Waals surface area contributed by atoms with Crippen molar-refractivity contribution in [2.75, 3.05) is 26.8 Å². The highest BCUT2D eigenvalue weighted by Crippen LogP contribution is 2.17. The van der Waals surface area contributed by atoms with E-state index in [1.165, 1.54) is 5.56 Å². The van der Waals surface area contributed by atoms with Gasteiger partial charge in [-0.1, -0.05) is 18.2 Å². The molecule has 1 heterocycles. The first-order valence-corrected chi connectivity index (χ1v) is 8.80. The summed E-state index contributed by atoms with van der Waals surface area (Å²) < 4.78 is 7.33. The first-order valence-electron chi connectivity index (χ1n) is 8.80. The van der Waals surface area contributed by atoms with E-state index in [1.54, 1.807) is 7.05 Å². The summed E-state index contributed by atoms with van der Waals surface area (Å²) in [5.74, 6) is 0.794. The Bertz CT molecular complexity index is 679. The first-order chi connectivity index (χ1) is 12.2. The summed E-state index contributed by atoms with van der Waals surface area (Å²) in [5.41, 5.74) is 4.44. The van der Waals surface area contributed by atoms with Crippen LogP contribution in [0.3, 0.4) is 0 Å². The molecule has 0 saturated carbocycles. The van der Waals surface area contributed by atoms with Crippen LogP contribution in [0.5, 0.6) is 0 Å². The molecule has 0 aliphatic heterocycles. The molecule has 0 atom stereocenters. The van der Waals surface area contributed by atoms with Crippen molar-refractivity contribution in [1.82, 2.24) is 20.4 Å². The van der Waals surface area contributed by atoms with Gasteiger partial charge in [-0.25, -0.2) is 4.68 Å². The van der Waals surface area contributed by atoms with Crippen molar-refractivity contribution in [3.8, 4) is 5.69 Å². The summed E-state index contributed by atoms with van der Waals surface area (Å²) >= 11 is 0. The van der Waals surface area contributed by atoms with Gasteiger partial charge in [0.15, 0.2) is 5.96 Å². The minimum Gasteiger partial charge on any atom is -0.382 e. The fourth-order valence-corrected chi connectivity index (χ4v) is 2.67. The molecule has 136 valence electrons. The van der Waals surface area contributed by atoms with Gasteiger partial charge in [-0.05, 0) is 39.3 Å². The molecule has 2 rings (SSSR count). The summed E-state index contributed by atoms with van der Waals surface area (Å²) in [6, 6.07) is 10.2. The monoisotopic (exact) mass is 343 g/mol. The van der Waals surface area contributed by atoms with E-state index in [9.17, 15) is 0 Å². The van der Waals surface area contributed by atoms with E-state index >= 15 is 0 Å². The molecule has 0 aliphatic carbocycles. The standard InChI is InChI=1S/C19H29N5O/c1-5-25-13-9-12-21-19(20-4)22-14-18-15(2)23-24(16(18)3)17-10-7-6-8-11-17/h6-8,10-11H,5,9,12-14H2,1-4H3,(H2,20,21,22). The molecule has 0 radical (unpaired) electrons. The van der Waals surface area contributed by atoms with Crippen molar-refractivity contribution in [2.24, 2.45) is 4.99 Å². The Morgan fingerprint density at radius 1 is 1.20 bits per heavy atom. The van der Waals surface area contributed by atoms with E-state index in [4.69, 9.17) is 4.74 Å². The number of nitrogens with one attached hydrogen (secondary N) is 2. The normalized spacial score (nSPS) is 11.6. The van der Waals surface area contributed by atoms with E-state index in [1.807, 2.05) is 36.7 Å². The smallest absolute Gasteiger partial charge is 0.191 e. The number of ether oxygens (including phenoxy) is 1. The largest absolute Gasteiger partial charge is 0.382 e. The number of benzene rings is 1. The topological polar surface area (TPSA) is 63.5 Å². The third-order valence-electron chi connectivity index (χ3n) is 4.06. The maximum atomic E-state index is 5.34. The van der Waals surface area contributed by atoms with Gasteiger partial charge in [0.1, 0.15) is 0 Å². The molecule has 0 fully saturated rings. The molecule has 0 bridgehead atoms. The maximum Gasteiger partial charge on any atom is 0.191 e. The number of aryl methyl sites for hydroxylation is 1. The number of guanidine groups is 1. The molecule has 1 aromatic carbocycles. The van der Waals surface area contributed by atoms with Gasteiger partial charge in [-0.2, -0.15) is 5.10 Å². The van der Waals surface area contributed by atoms with Crippen LogP contribution in [0.2, 0.25) is 0 Å². The number of hydrogen-bond acceptors (Lipinski definition) is 3. The molecule has 6 nitrogen and oxygen atoms in total. The van der Waals surface area contributed by atoms with Gasteiger partial charge in [0.2, 0.25) is 0 Å². The van der Waals surface area contributed by atoms with Crippen LogP contribution in [-0.2, 0) is 11.3 Å². The lowest BCUT2D eigenvalue weighted by Gasteiger charge is -2.12. The van der Waals surface area contributed by atoms with Gasteiger partial charge in [-0.15, -0.1) is 0 Å². The molecule has 25 heavy (non-hydrogen) atoms. The molecular formula is C19H29N5O. The van der Waals surface area contributed by atoms with Crippen LogP contribution in [0.15, 0.2) is 35.3 Å². The number of nitrogens with zero attached hydrogens (tertiary/aromatic N) is 3. The van der Waals surface area contributed by atoms with E-state index in [2.05, 4.69) is 39.8 Å². The second kappa shape index (κ2) is 9.84. The van der Waals surface area contributed by atoms with E-state index < -0.39 is 0 Å². The van der Waals surface area contributed by atoms with Crippen LogP contribution in [0.25, 0.3) is 5.69 Å². The minimum absolute atomic E-state index is 0.690. The number of hydrogen-bond donors (Lipinski definition) is 2. The van der Waals surface area contributed by atoms with E-state index in [0.29, 0.717) is 6.54 Å². The Labute approximate surface area is 150 Å². The van der Waals surface area contributed by atoms with Crippen molar-refractivity contribution in [3.63, 3.8) is 0 Å². The number of aliphatic imine (C=N–C) groups is 1. The predicted molar refractivity (Wildman–Crippen MR) is 102 cm³/mol. The molecule has 0 saturated heterocycles. The third-order valence-corrected chi connectivity index (χ3v) is 4.06. The summed E-state index contributed by atoms with van der Waals surface area (Å²) in [6.07, 6.45) is 0.957. The number of para-hydroxylation sites is 1. The number of aromatic nitrogens is 2. The van der Waals surface area contributed by atoms with Crippen LogP contribution in [0.4, 0.5) is 0 Å². The second-order valence-electron chi connectivity index (χ2n) is 5.80. The van der Waals surface area contributed by atoms with Gasteiger partial charge < -0.3 is 15.4 Å². The molecule has 0 unspecified atom stereocenters. The Hall–Kier alpha value is -2.34. The summed E-state index contributed by atoms with van der Waals surface area (Å²) in [7, 11) is 1.78. The lowest BCUT2D eigenvalue weighted by molar-refractivity contribution is 0.145. The van der Waals surface area contributed by atoms with Gasteiger partial charge in [0, 0.05) is 44.6 Å². The van der Waals surface area contributed by atoms with Crippen LogP contribution in [0.1, 0.15) is 30.3 Å². The van der Waals surface area contributed by atoms with Crippen molar-refractivity contribution >= 4 is 5.96 Å². The molecule has 0 amide bonds. The van der Waals surface area contributed by atoms with Crippen LogP contribution in [-0.4, -0.2) is 42.5 Å². The molecule has 0 spiro atoms. The second-order valence-corrected chi connectivity index (χ2v) is 5.80. The lowest BCUT2D eigenvalue weighted by Crippen LogP contribution is -2.37. The zero-order valence-electron chi connectivity index (χ0n) is 15.7. The fraction of sp³-hybridized carbons (Fsp3) is 0.474. The number of rotatable bonds is 8. The Kier molecular flexibility index (Phi) is 7.47. The van der Waals surface area contributed by atoms with Crippen molar-refractivity contribution in [2.45, 2.75) is 33.7 Å². The average Bonchev–Trinajstić information content (AvgIpc) is 2.92. The zero-order chi connectivity index (χ0) is 18.1. The minimum atomic E-state index is 0.690. The van der Waals surface area contributed by atoms with Gasteiger partial charge in [0.05, 0.1) is 11.4 Å². The SMILES string of the molecule is CCOCCCNC(=NC)NCc1c(C)nn(-c2ccccc2)c1C. The highest BCUT2D eigenvalue weighted by Gasteiger charge is 2.12. The van der Waals surface area contributed by atoms with Gasteiger partial charge >= 0.3 is 0 Å².